The summed E-state index contributed by atoms with van der Waals surface area (Å²) in [6.07, 6.45) is 1.47. The van der Waals surface area contributed by atoms with Gasteiger partial charge in [-0.3, -0.25) is 19.8 Å². The number of rotatable bonds is 4. The van der Waals surface area contributed by atoms with Gasteiger partial charge in [0.1, 0.15) is 12.2 Å². The lowest BCUT2D eigenvalue weighted by molar-refractivity contribution is -0.128. The van der Waals surface area contributed by atoms with Crippen LogP contribution in [0.15, 0.2) is 46.4 Å². The Bertz CT molecular complexity index is 999. The van der Waals surface area contributed by atoms with Crippen molar-refractivity contribution in [2.45, 2.75) is 13.5 Å². The van der Waals surface area contributed by atoms with Crippen LogP contribution in [0.3, 0.4) is 0 Å². The third kappa shape index (κ3) is 4.43. The minimum Gasteiger partial charge on any atom is -0.486 e. The van der Waals surface area contributed by atoms with E-state index in [0.29, 0.717) is 27.4 Å². The van der Waals surface area contributed by atoms with Gasteiger partial charge in [-0.15, -0.1) is 0 Å². The number of aryl methyl sites for hydroxylation is 1. The van der Waals surface area contributed by atoms with Gasteiger partial charge >= 0.3 is 0 Å². The van der Waals surface area contributed by atoms with E-state index >= 15 is 0 Å². The summed E-state index contributed by atoms with van der Waals surface area (Å²) in [7, 11) is 1.50. The van der Waals surface area contributed by atoms with Crippen molar-refractivity contribution in [3.8, 4) is 5.75 Å². The van der Waals surface area contributed by atoms with Gasteiger partial charge in [0.25, 0.3) is 11.8 Å². The molecule has 1 saturated heterocycles. The maximum absolute atomic E-state index is 12.3. The Balaban J connectivity index is 1.84. The summed E-state index contributed by atoms with van der Waals surface area (Å²) in [4.78, 5) is 25.6. The highest BCUT2D eigenvalue weighted by molar-refractivity contribution is 9.10. The zero-order valence-electron chi connectivity index (χ0n) is 15.1. The number of carbonyl (C=O) groups is 2. The summed E-state index contributed by atoms with van der Waals surface area (Å²) in [5.74, 6) is -0.524. The van der Waals surface area contributed by atoms with Crippen LogP contribution in [0, 0.1) is 6.92 Å². The third-order valence-corrected chi connectivity index (χ3v) is 5.35. The Morgan fingerprint density at radius 2 is 2.04 bits per heavy atom. The zero-order valence-corrected chi connectivity index (χ0v) is 18.2. The molecule has 1 N–H and O–H groups in total. The topological polar surface area (TPSA) is 58.6 Å². The third-order valence-electron chi connectivity index (χ3n) is 4.10. The highest BCUT2D eigenvalue weighted by Gasteiger charge is 2.30. The first-order chi connectivity index (χ1) is 13.3. The van der Waals surface area contributed by atoms with Crippen LogP contribution in [-0.4, -0.2) is 28.9 Å². The molecule has 28 heavy (non-hydrogen) atoms. The van der Waals surface area contributed by atoms with Gasteiger partial charge in [0.15, 0.2) is 10.9 Å². The lowest BCUT2D eigenvalue weighted by Gasteiger charge is -2.25. The first-order valence-corrected chi connectivity index (χ1v) is 9.86. The van der Waals surface area contributed by atoms with Crippen molar-refractivity contribution in [1.29, 1.82) is 0 Å². The van der Waals surface area contributed by atoms with Crippen molar-refractivity contribution in [3.05, 3.63) is 68.2 Å². The number of nitrogens with one attached hydrogen (secondary N) is 1. The number of thiocarbonyl (C=S) groups is 1. The molecule has 1 heterocycles. The normalized spacial score (nSPS) is 15.8. The van der Waals surface area contributed by atoms with E-state index < -0.39 is 11.8 Å². The molecular formula is C20H16BrClN2O3S. The molecule has 0 aliphatic carbocycles. The number of halogens is 2. The standard InChI is InChI=1S/C20H16BrClN2O3S/c1-11-4-3-5-12(6-11)10-27-17-15(21)8-13(9-16(17)22)7-14-18(25)23-20(28)24(2)19(14)26/h3-9H,10H2,1-2H3,(H,23,25,28)/b14-7+. The molecule has 0 unspecified atom stereocenters. The molecule has 0 radical (unpaired) electrons. The molecule has 1 aliphatic heterocycles. The number of likely N-dealkylation sites (N-methyl/N-ethyl adjacent to an activating group) is 1. The van der Waals surface area contributed by atoms with E-state index in [1.54, 1.807) is 12.1 Å². The van der Waals surface area contributed by atoms with Crippen LogP contribution in [-0.2, 0) is 16.2 Å². The van der Waals surface area contributed by atoms with Gasteiger partial charge in [0, 0.05) is 7.05 Å². The second-order valence-electron chi connectivity index (χ2n) is 6.27. The first-order valence-electron chi connectivity index (χ1n) is 8.28. The summed E-state index contributed by atoms with van der Waals surface area (Å²) in [5.41, 5.74) is 2.73. The lowest BCUT2D eigenvalue weighted by Crippen LogP contribution is -2.52. The molecule has 1 aliphatic rings. The van der Waals surface area contributed by atoms with Crippen LogP contribution >= 0.6 is 39.7 Å². The average molecular weight is 480 g/mol. The monoisotopic (exact) mass is 478 g/mol. The highest BCUT2D eigenvalue weighted by atomic mass is 79.9. The van der Waals surface area contributed by atoms with Crippen LogP contribution < -0.4 is 10.1 Å². The van der Waals surface area contributed by atoms with E-state index in [9.17, 15) is 9.59 Å². The van der Waals surface area contributed by atoms with E-state index in [1.165, 1.54) is 18.0 Å². The molecule has 3 rings (SSSR count). The molecule has 2 aromatic carbocycles. The van der Waals surface area contributed by atoms with Crippen molar-refractivity contribution in [3.63, 3.8) is 0 Å². The molecule has 2 aromatic rings. The van der Waals surface area contributed by atoms with Gasteiger partial charge in [-0.05, 0) is 64.4 Å². The fraction of sp³-hybridized carbons (Fsp3) is 0.150. The summed E-state index contributed by atoms with van der Waals surface area (Å²) < 4.78 is 6.47. The summed E-state index contributed by atoms with van der Waals surface area (Å²) in [6, 6.07) is 11.4. The second-order valence-corrected chi connectivity index (χ2v) is 7.92. The Morgan fingerprint density at radius 1 is 1.29 bits per heavy atom. The minimum absolute atomic E-state index is 0.0208. The number of amides is 2. The van der Waals surface area contributed by atoms with E-state index in [0.717, 1.165) is 11.1 Å². The van der Waals surface area contributed by atoms with Gasteiger partial charge in [0.2, 0.25) is 0 Å². The van der Waals surface area contributed by atoms with E-state index in [1.807, 2.05) is 31.2 Å². The second kappa shape index (κ2) is 8.43. The van der Waals surface area contributed by atoms with Gasteiger partial charge in [0.05, 0.1) is 9.50 Å². The Kier molecular flexibility index (Phi) is 6.17. The molecule has 0 saturated carbocycles. The Hall–Kier alpha value is -2.22. The minimum atomic E-state index is -0.542. The molecule has 0 spiro atoms. The van der Waals surface area contributed by atoms with Crippen molar-refractivity contribution in [2.75, 3.05) is 7.05 Å². The Labute approximate surface area is 181 Å². The van der Waals surface area contributed by atoms with Crippen molar-refractivity contribution < 1.29 is 14.3 Å². The number of ether oxygens (including phenoxy) is 1. The zero-order chi connectivity index (χ0) is 20.4. The van der Waals surface area contributed by atoms with Crippen LogP contribution in [0.25, 0.3) is 6.08 Å². The van der Waals surface area contributed by atoms with E-state index in [2.05, 4.69) is 21.2 Å². The average Bonchev–Trinajstić information content (AvgIpc) is 2.63. The molecule has 144 valence electrons. The van der Waals surface area contributed by atoms with Crippen molar-refractivity contribution >= 4 is 62.8 Å². The van der Waals surface area contributed by atoms with Crippen molar-refractivity contribution in [2.24, 2.45) is 0 Å². The van der Waals surface area contributed by atoms with Gasteiger partial charge in [-0.2, -0.15) is 0 Å². The summed E-state index contributed by atoms with van der Waals surface area (Å²) in [5, 5.41) is 2.91. The molecular weight excluding hydrogens is 464 g/mol. The number of carbonyl (C=O) groups excluding carboxylic acids is 2. The van der Waals surface area contributed by atoms with Gasteiger partial charge < -0.3 is 4.74 Å². The smallest absolute Gasteiger partial charge is 0.265 e. The predicted molar refractivity (Wildman–Crippen MR) is 116 cm³/mol. The molecule has 0 aromatic heterocycles. The number of benzene rings is 2. The molecule has 0 atom stereocenters. The summed E-state index contributed by atoms with van der Waals surface area (Å²) >= 11 is 14.8. The Morgan fingerprint density at radius 3 is 2.71 bits per heavy atom. The quantitative estimate of drug-likeness (QED) is 0.405. The number of hydrogen-bond acceptors (Lipinski definition) is 4. The molecule has 1 fully saturated rings. The molecule has 2 amide bonds. The predicted octanol–water partition coefficient (Wildman–Crippen LogP) is 4.25. The van der Waals surface area contributed by atoms with Gasteiger partial charge in [-0.1, -0.05) is 41.4 Å². The fourth-order valence-electron chi connectivity index (χ4n) is 2.67. The maximum atomic E-state index is 12.3. The molecule has 8 heteroatoms. The molecule has 5 nitrogen and oxygen atoms in total. The van der Waals surface area contributed by atoms with Gasteiger partial charge in [-0.25, -0.2) is 0 Å². The van der Waals surface area contributed by atoms with Crippen LogP contribution in [0.5, 0.6) is 5.75 Å². The first kappa shape index (κ1) is 20.5. The molecule has 0 bridgehead atoms. The largest absolute Gasteiger partial charge is 0.486 e. The van der Waals surface area contributed by atoms with Crippen LogP contribution in [0.1, 0.15) is 16.7 Å². The van der Waals surface area contributed by atoms with E-state index in [4.69, 9.17) is 28.6 Å². The number of nitrogens with zero attached hydrogens (tertiary/aromatic N) is 1. The van der Waals surface area contributed by atoms with E-state index in [-0.39, 0.29) is 10.7 Å². The number of hydrogen-bond donors (Lipinski definition) is 1. The lowest BCUT2D eigenvalue weighted by atomic mass is 10.1. The fourth-order valence-corrected chi connectivity index (χ4v) is 3.83. The maximum Gasteiger partial charge on any atom is 0.265 e. The summed E-state index contributed by atoms with van der Waals surface area (Å²) in [6.45, 7) is 2.38. The highest BCUT2D eigenvalue weighted by Crippen LogP contribution is 2.36. The SMILES string of the molecule is Cc1cccc(COc2c(Cl)cc(/C=C3\C(=O)NC(=S)N(C)C3=O)cc2Br)c1. The van der Waals surface area contributed by atoms with Crippen LogP contribution in [0.4, 0.5) is 0 Å². The van der Waals surface area contributed by atoms with Crippen molar-refractivity contribution in [1.82, 2.24) is 10.2 Å². The van der Waals surface area contributed by atoms with Crippen LogP contribution in [0.2, 0.25) is 5.02 Å².